The summed E-state index contributed by atoms with van der Waals surface area (Å²) in [5, 5.41) is -0.638. The molecule has 2 heterocycles. The van der Waals surface area contributed by atoms with E-state index in [1.807, 2.05) is 0 Å². The summed E-state index contributed by atoms with van der Waals surface area (Å²) < 4.78 is 37.6. The monoisotopic (exact) mass is 315 g/mol. The molecule has 0 aliphatic carbocycles. The van der Waals surface area contributed by atoms with Gasteiger partial charge in [0.15, 0.2) is 5.78 Å². The third kappa shape index (κ3) is 3.75. The van der Waals surface area contributed by atoms with Crippen LogP contribution in [0.1, 0.15) is 34.4 Å². The Morgan fingerprint density at radius 1 is 1.24 bits per heavy atom. The van der Waals surface area contributed by atoms with E-state index < -0.39 is 16.9 Å². The topological polar surface area (TPSA) is 55.7 Å². The molecule has 110 valence electrons. The van der Waals surface area contributed by atoms with E-state index in [-0.39, 0.29) is 18.0 Å². The SMILES string of the molecule is CC(=O)c1ccc(Cc2ncc(C(F)(F)F)c(Cl)n2)cn1. The van der Waals surface area contributed by atoms with Crippen LogP contribution in [-0.2, 0) is 12.6 Å². The van der Waals surface area contributed by atoms with Gasteiger partial charge in [0, 0.05) is 25.7 Å². The molecule has 0 radical (unpaired) electrons. The molecule has 0 unspecified atom stereocenters. The number of hydrogen-bond acceptors (Lipinski definition) is 4. The van der Waals surface area contributed by atoms with Crippen LogP contribution < -0.4 is 0 Å². The third-order valence-corrected chi connectivity index (χ3v) is 2.93. The maximum absolute atomic E-state index is 12.5. The lowest BCUT2D eigenvalue weighted by molar-refractivity contribution is -0.138. The zero-order valence-electron chi connectivity index (χ0n) is 10.8. The quantitative estimate of drug-likeness (QED) is 0.644. The molecule has 4 nitrogen and oxygen atoms in total. The highest BCUT2D eigenvalue weighted by Gasteiger charge is 2.34. The van der Waals surface area contributed by atoms with Gasteiger partial charge in [0.05, 0.1) is 0 Å². The zero-order chi connectivity index (χ0) is 15.6. The highest BCUT2D eigenvalue weighted by molar-refractivity contribution is 6.30. The average Bonchev–Trinajstić information content (AvgIpc) is 2.37. The van der Waals surface area contributed by atoms with Crippen molar-refractivity contribution < 1.29 is 18.0 Å². The van der Waals surface area contributed by atoms with Crippen LogP contribution in [0.3, 0.4) is 0 Å². The second-order valence-corrected chi connectivity index (χ2v) is 4.63. The van der Waals surface area contributed by atoms with E-state index in [1.165, 1.54) is 19.2 Å². The maximum Gasteiger partial charge on any atom is 0.420 e. The molecule has 0 N–H and O–H groups in total. The van der Waals surface area contributed by atoms with E-state index in [9.17, 15) is 18.0 Å². The van der Waals surface area contributed by atoms with Crippen LogP contribution >= 0.6 is 11.6 Å². The van der Waals surface area contributed by atoms with Crippen LogP contribution in [0.15, 0.2) is 24.5 Å². The van der Waals surface area contributed by atoms with Gasteiger partial charge in [0.25, 0.3) is 0 Å². The summed E-state index contributed by atoms with van der Waals surface area (Å²) in [6.45, 7) is 1.39. The first-order valence-corrected chi connectivity index (χ1v) is 6.19. The van der Waals surface area contributed by atoms with Crippen molar-refractivity contribution in [3.05, 3.63) is 52.3 Å². The lowest BCUT2D eigenvalue weighted by Crippen LogP contribution is -2.09. The van der Waals surface area contributed by atoms with Crippen LogP contribution in [0.5, 0.6) is 0 Å². The summed E-state index contributed by atoms with van der Waals surface area (Å²) in [4.78, 5) is 22.3. The number of nitrogens with zero attached hydrogens (tertiary/aromatic N) is 3. The maximum atomic E-state index is 12.5. The van der Waals surface area contributed by atoms with Crippen molar-refractivity contribution in [3.63, 3.8) is 0 Å². The minimum Gasteiger partial charge on any atom is -0.293 e. The first-order valence-electron chi connectivity index (χ1n) is 5.82. The van der Waals surface area contributed by atoms with Gasteiger partial charge in [-0.05, 0) is 11.6 Å². The normalized spacial score (nSPS) is 11.5. The van der Waals surface area contributed by atoms with Crippen LogP contribution in [0.25, 0.3) is 0 Å². The van der Waals surface area contributed by atoms with Crippen LogP contribution in [0.4, 0.5) is 13.2 Å². The highest BCUT2D eigenvalue weighted by Crippen LogP contribution is 2.32. The number of halogens is 4. The summed E-state index contributed by atoms with van der Waals surface area (Å²) in [6, 6.07) is 3.17. The fourth-order valence-corrected chi connectivity index (χ4v) is 1.84. The number of pyridine rings is 1. The summed E-state index contributed by atoms with van der Waals surface area (Å²) in [7, 11) is 0. The molecule has 8 heteroatoms. The molecule has 0 fully saturated rings. The van der Waals surface area contributed by atoms with Gasteiger partial charge in [0.1, 0.15) is 22.2 Å². The van der Waals surface area contributed by atoms with Crippen LogP contribution in [0, 0.1) is 0 Å². The van der Waals surface area contributed by atoms with Crippen molar-refractivity contribution in [2.24, 2.45) is 0 Å². The second-order valence-electron chi connectivity index (χ2n) is 4.27. The number of rotatable bonds is 3. The van der Waals surface area contributed by atoms with E-state index in [2.05, 4.69) is 15.0 Å². The highest BCUT2D eigenvalue weighted by atomic mass is 35.5. The molecule has 2 aromatic heterocycles. The summed E-state index contributed by atoms with van der Waals surface area (Å²) >= 11 is 5.52. The summed E-state index contributed by atoms with van der Waals surface area (Å²) in [5.41, 5.74) is -0.0982. The first kappa shape index (κ1) is 15.4. The third-order valence-electron chi connectivity index (χ3n) is 2.65. The Hall–Kier alpha value is -2.02. The number of carbonyl (C=O) groups excluding carboxylic acids is 1. The van der Waals surface area contributed by atoms with Gasteiger partial charge >= 0.3 is 6.18 Å². The van der Waals surface area contributed by atoms with Gasteiger partial charge in [-0.25, -0.2) is 9.97 Å². The molecule has 2 aromatic rings. The largest absolute Gasteiger partial charge is 0.420 e. The molecule has 0 amide bonds. The van der Waals surface area contributed by atoms with Crippen molar-refractivity contribution in [2.45, 2.75) is 19.5 Å². The van der Waals surface area contributed by atoms with Crippen LogP contribution in [-0.4, -0.2) is 20.7 Å². The van der Waals surface area contributed by atoms with Gasteiger partial charge in [-0.15, -0.1) is 0 Å². The standard InChI is InChI=1S/C13H9ClF3N3O/c1-7(21)10-3-2-8(5-18-10)4-11-19-6-9(12(14)20-11)13(15,16)17/h2-3,5-6H,4H2,1H3. The van der Waals surface area contributed by atoms with E-state index >= 15 is 0 Å². The predicted molar refractivity (Wildman–Crippen MR) is 69.1 cm³/mol. The van der Waals surface area contributed by atoms with Crippen molar-refractivity contribution in [2.75, 3.05) is 0 Å². The van der Waals surface area contributed by atoms with Gasteiger partial charge in [-0.2, -0.15) is 13.2 Å². The molecular formula is C13H9ClF3N3O. The molecule has 0 aliphatic rings. The Morgan fingerprint density at radius 3 is 2.43 bits per heavy atom. The Bertz CT molecular complexity index is 671. The molecule has 0 atom stereocenters. The predicted octanol–water partition coefficient (Wildman–Crippen LogP) is 3.34. The number of ketones is 1. The van der Waals surface area contributed by atoms with Gasteiger partial charge in [-0.3, -0.25) is 9.78 Å². The number of aromatic nitrogens is 3. The fourth-order valence-electron chi connectivity index (χ4n) is 1.59. The number of hydrogen-bond donors (Lipinski definition) is 0. The molecular weight excluding hydrogens is 307 g/mol. The summed E-state index contributed by atoms with van der Waals surface area (Å²) in [5.74, 6) is -0.0271. The number of alkyl halides is 3. The van der Waals surface area contributed by atoms with Gasteiger partial charge in [-0.1, -0.05) is 17.7 Å². The molecule has 0 aliphatic heterocycles. The lowest BCUT2D eigenvalue weighted by Gasteiger charge is -2.08. The molecule has 0 saturated carbocycles. The minimum absolute atomic E-state index is 0.144. The van der Waals surface area contributed by atoms with Crippen molar-refractivity contribution >= 4 is 17.4 Å². The lowest BCUT2D eigenvalue weighted by atomic mass is 10.1. The molecule has 0 spiro atoms. The van der Waals surface area contributed by atoms with E-state index in [0.717, 1.165) is 0 Å². The smallest absolute Gasteiger partial charge is 0.293 e. The van der Waals surface area contributed by atoms with E-state index in [1.54, 1.807) is 6.07 Å². The Labute approximate surface area is 123 Å². The second kappa shape index (κ2) is 5.77. The Balaban J connectivity index is 2.20. The van der Waals surface area contributed by atoms with E-state index in [0.29, 0.717) is 17.5 Å². The average molecular weight is 316 g/mol. The zero-order valence-corrected chi connectivity index (χ0v) is 11.5. The van der Waals surface area contributed by atoms with Gasteiger partial charge < -0.3 is 0 Å². The fraction of sp³-hybridized carbons (Fsp3) is 0.231. The van der Waals surface area contributed by atoms with E-state index in [4.69, 9.17) is 11.6 Å². The Morgan fingerprint density at radius 2 is 1.95 bits per heavy atom. The first-order chi connectivity index (χ1) is 9.77. The molecule has 2 rings (SSSR count). The molecule has 0 bridgehead atoms. The van der Waals surface area contributed by atoms with Crippen LogP contribution in [0.2, 0.25) is 5.15 Å². The van der Waals surface area contributed by atoms with Crippen molar-refractivity contribution in [1.82, 2.24) is 15.0 Å². The number of carbonyl (C=O) groups is 1. The van der Waals surface area contributed by atoms with Crippen molar-refractivity contribution in [3.8, 4) is 0 Å². The number of Topliss-reactive ketones (excluding diaryl/α,β-unsaturated/α-hetero) is 1. The summed E-state index contributed by atoms with van der Waals surface area (Å²) in [6.07, 6.45) is -2.31. The minimum atomic E-state index is -4.58. The molecule has 0 saturated heterocycles. The Kier molecular flexibility index (Phi) is 4.22. The van der Waals surface area contributed by atoms with Gasteiger partial charge in [0.2, 0.25) is 0 Å². The molecule has 21 heavy (non-hydrogen) atoms. The molecule has 0 aromatic carbocycles. The van der Waals surface area contributed by atoms with Crippen molar-refractivity contribution in [1.29, 1.82) is 0 Å².